The van der Waals surface area contributed by atoms with Crippen LogP contribution in [0.25, 0.3) is 0 Å². The summed E-state index contributed by atoms with van der Waals surface area (Å²) in [5.74, 6) is 1.08. The first-order valence-electron chi connectivity index (χ1n) is 6.09. The van der Waals surface area contributed by atoms with Gasteiger partial charge in [-0.15, -0.1) is 11.3 Å². The van der Waals surface area contributed by atoms with Crippen molar-refractivity contribution in [2.24, 2.45) is 7.05 Å². The maximum absolute atomic E-state index is 4.63. The van der Waals surface area contributed by atoms with Crippen LogP contribution in [0, 0.1) is 13.8 Å². The quantitative estimate of drug-likeness (QED) is 0.851. The molecule has 0 radical (unpaired) electrons. The molecule has 0 N–H and O–H groups in total. The summed E-state index contributed by atoms with van der Waals surface area (Å²) in [6.07, 6.45) is 3.82. The minimum Gasteiger partial charge on any atom is -0.337 e. The molecule has 0 amide bonds. The fourth-order valence-electron chi connectivity index (χ4n) is 2.05. The molecular weight excluding hydrogens is 244 g/mol. The van der Waals surface area contributed by atoms with Gasteiger partial charge in [0.25, 0.3) is 0 Å². The maximum atomic E-state index is 4.63. The monoisotopic (exact) mass is 264 g/mol. The van der Waals surface area contributed by atoms with E-state index < -0.39 is 0 Å². The van der Waals surface area contributed by atoms with Crippen molar-refractivity contribution in [3.8, 4) is 0 Å². The zero-order valence-electron chi connectivity index (χ0n) is 11.6. The summed E-state index contributed by atoms with van der Waals surface area (Å²) in [4.78, 5) is 12.6. The van der Waals surface area contributed by atoms with Crippen molar-refractivity contribution in [1.29, 1.82) is 0 Å². The molecule has 0 bridgehead atoms. The normalized spacial score (nSPS) is 13.2. The highest BCUT2D eigenvalue weighted by molar-refractivity contribution is 7.11. The molecule has 0 saturated carbocycles. The first kappa shape index (κ1) is 13.2. The van der Waals surface area contributed by atoms with Gasteiger partial charge in [0.05, 0.1) is 23.3 Å². The van der Waals surface area contributed by atoms with Gasteiger partial charge in [0.15, 0.2) is 0 Å². The Balaban J connectivity index is 2.12. The predicted molar refractivity (Wildman–Crippen MR) is 74.7 cm³/mol. The number of rotatable bonds is 4. The van der Waals surface area contributed by atoms with E-state index in [9.17, 15) is 0 Å². The molecule has 2 aromatic heterocycles. The van der Waals surface area contributed by atoms with Gasteiger partial charge in [-0.3, -0.25) is 4.90 Å². The second kappa shape index (κ2) is 5.20. The average Bonchev–Trinajstić information content (AvgIpc) is 2.85. The van der Waals surface area contributed by atoms with E-state index in [0.717, 1.165) is 17.4 Å². The fourth-order valence-corrected chi connectivity index (χ4v) is 2.96. The van der Waals surface area contributed by atoms with E-state index in [1.165, 1.54) is 10.6 Å². The van der Waals surface area contributed by atoms with Crippen LogP contribution in [0.2, 0.25) is 0 Å². The van der Waals surface area contributed by atoms with Crippen molar-refractivity contribution in [3.63, 3.8) is 0 Å². The molecule has 98 valence electrons. The Labute approximate surface area is 112 Å². The molecule has 2 heterocycles. The van der Waals surface area contributed by atoms with Gasteiger partial charge in [-0.2, -0.15) is 0 Å². The van der Waals surface area contributed by atoms with Crippen molar-refractivity contribution in [1.82, 2.24) is 19.4 Å². The highest BCUT2D eigenvalue weighted by atomic mass is 32.1. The number of aromatic nitrogens is 3. The van der Waals surface area contributed by atoms with E-state index in [2.05, 4.69) is 47.3 Å². The van der Waals surface area contributed by atoms with Gasteiger partial charge in [-0.1, -0.05) is 0 Å². The molecule has 0 spiro atoms. The van der Waals surface area contributed by atoms with Gasteiger partial charge in [0.1, 0.15) is 5.82 Å². The molecule has 5 heteroatoms. The third-order valence-corrected chi connectivity index (χ3v) is 4.21. The van der Waals surface area contributed by atoms with Gasteiger partial charge < -0.3 is 4.57 Å². The summed E-state index contributed by atoms with van der Waals surface area (Å²) in [5, 5.41) is 1.14. The van der Waals surface area contributed by atoms with Gasteiger partial charge in [0, 0.05) is 24.3 Å². The molecule has 0 saturated heterocycles. The second-order valence-corrected chi connectivity index (χ2v) is 6.13. The van der Waals surface area contributed by atoms with Crippen LogP contribution < -0.4 is 0 Å². The Morgan fingerprint density at radius 3 is 2.67 bits per heavy atom. The van der Waals surface area contributed by atoms with Gasteiger partial charge in [-0.05, 0) is 27.8 Å². The minimum atomic E-state index is 0.312. The smallest absolute Gasteiger partial charge is 0.122 e. The van der Waals surface area contributed by atoms with E-state index in [0.29, 0.717) is 6.04 Å². The summed E-state index contributed by atoms with van der Waals surface area (Å²) < 4.78 is 2.06. The van der Waals surface area contributed by atoms with Crippen LogP contribution in [0.3, 0.4) is 0 Å². The first-order valence-corrected chi connectivity index (χ1v) is 6.91. The third-order valence-electron chi connectivity index (χ3n) is 3.31. The number of hydrogen-bond donors (Lipinski definition) is 0. The molecule has 0 unspecified atom stereocenters. The average molecular weight is 264 g/mol. The fraction of sp³-hybridized carbons (Fsp3) is 0.538. The SMILES string of the molecule is Cc1nc([C@@H](C)N(C)Cc2nccn2C)c(C)s1. The Kier molecular flexibility index (Phi) is 3.82. The molecule has 0 aliphatic rings. The Hall–Kier alpha value is -1.20. The number of hydrogen-bond acceptors (Lipinski definition) is 4. The lowest BCUT2D eigenvalue weighted by atomic mass is 10.2. The lowest BCUT2D eigenvalue weighted by Gasteiger charge is -2.23. The molecule has 4 nitrogen and oxygen atoms in total. The summed E-state index contributed by atoms with van der Waals surface area (Å²) >= 11 is 1.77. The maximum Gasteiger partial charge on any atom is 0.122 e. The number of nitrogens with zero attached hydrogens (tertiary/aromatic N) is 4. The predicted octanol–water partition coefficient (Wildman–Crippen LogP) is 2.69. The van der Waals surface area contributed by atoms with Gasteiger partial charge >= 0.3 is 0 Å². The number of aryl methyl sites for hydroxylation is 3. The minimum absolute atomic E-state index is 0.312. The van der Waals surface area contributed by atoms with Crippen LogP contribution in [0.5, 0.6) is 0 Å². The Morgan fingerprint density at radius 2 is 2.17 bits per heavy atom. The van der Waals surface area contributed by atoms with Crippen molar-refractivity contribution in [3.05, 3.63) is 33.8 Å². The lowest BCUT2D eigenvalue weighted by molar-refractivity contribution is 0.240. The van der Waals surface area contributed by atoms with Crippen LogP contribution >= 0.6 is 11.3 Å². The van der Waals surface area contributed by atoms with Crippen molar-refractivity contribution < 1.29 is 0 Å². The zero-order valence-corrected chi connectivity index (χ0v) is 12.5. The molecule has 18 heavy (non-hydrogen) atoms. The molecule has 0 aromatic carbocycles. The van der Waals surface area contributed by atoms with Crippen molar-refractivity contribution >= 4 is 11.3 Å². The molecule has 2 rings (SSSR count). The first-order chi connectivity index (χ1) is 8.49. The van der Waals surface area contributed by atoms with Crippen LogP contribution in [0.4, 0.5) is 0 Å². The molecule has 0 fully saturated rings. The van der Waals surface area contributed by atoms with Crippen molar-refractivity contribution in [2.45, 2.75) is 33.4 Å². The van der Waals surface area contributed by atoms with Crippen LogP contribution in [0.15, 0.2) is 12.4 Å². The highest BCUT2D eigenvalue weighted by Gasteiger charge is 2.18. The zero-order chi connectivity index (χ0) is 13.3. The number of imidazole rings is 1. The summed E-state index contributed by atoms with van der Waals surface area (Å²) in [6.45, 7) is 7.24. The molecule has 1 atom stereocenters. The van der Waals surface area contributed by atoms with E-state index in [4.69, 9.17) is 0 Å². The standard InChI is InChI=1S/C13H20N4S/c1-9(13-10(2)18-11(3)15-13)17(5)8-12-14-6-7-16(12)4/h6-7,9H,8H2,1-5H3/t9-/m1/s1. The van der Waals surface area contributed by atoms with Crippen LogP contribution in [-0.2, 0) is 13.6 Å². The topological polar surface area (TPSA) is 34.0 Å². The number of thiazole rings is 1. The highest BCUT2D eigenvalue weighted by Crippen LogP contribution is 2.26. The molecular formula is C13H20N4S. The van der Waals surface area contributed by atoms with E-state index in [1.807, 2.05) is 19.4 Å². The second-order valence-electron chi connectivity index (χ2n) is 4.72. The van der Waals surface area contributed by atoms with E-state index in [1.54, 1.807) is 11.3 Å². The van der Waals surface area contributed by atoms with E-state index >= 15 is 0 Å². The van der Waals surface area contributed by atoms with E-state index in [-0.39, 0.29) is 0 Å². The van der Waals surface area contributed by atoms with Crippen LogP contribution in [-0.4, -0.2) is 26.5 Å². The van der Waals surface area contributed by atoms with Gasteiger partial charge in [-0.25, -0.2) is 9.97 Å². The summed E-state index contributed by atoms with van der Waals surface area (Å²) in [5.41, 5.74) is 1.19. The Morgan fingerprint density at radius 1 is 1.44 bits per heavy atom. The molecule has 0 aliphatic heterocycles. The summed E-state index contributed by atoms with van der Waals surface area (Å²) in [7, 11) is 4.15. The largest absolute Gasteiger partial charge is 0.337 e. The third kappa shape index (κ3) is 2.62. The molecule has 0 aliphatic carbocycles. The van der Waals surface area contributed by atoms with Crippen LogP contribution in [0.1, 0.15) is 34.4 Å². The Bertz CT molecular complexity index is 529. The molecule has 2 aromatic rings. The lowest BCUT2D eigenvalue weighted by Crippen LogP contribution is -2.24. The summed E-state index contributed by atoms with van der Waals surface area (Å²) in [6, 6.07) is 0.312. The van der Waals surface area contributed by atoms with Gasteiger partial charge in [0.2, 0.25) is 0 Å². The van der Waals surface area contributed by atoms with Crippen molar-refractivity contribution in [2.75, 3.05) is 7.05 Å².